The van der Waals surface area contributed by atoms with Gasteiger partial charge in [0.25, 0.3) is 0 Å². The highest BCUT2D eigenvalue weighted by Gasteiger charge is 2.27. The Bertz CT molecular complexity index is 137. The van der Waals surface area contributed by atoms with Crippen LogP contribution in [0.3, 0.4) is 0 Å². The van der Waals surface area contributed by atoms with Gasteiger partial charge in [0.05, 0.1) is 6.61 Å². The predicted octanol–water partition coefficient (Wildman–Crippen LogP) is 0.936. The fraction of sp³-hybridized carbons (Fsp3) is 0.833. The molecule has 0 aliphatic heterocycles. The van der Waals surface area contributed by atoms with Crippen molar-refractivity contribution in [1.29, 1.82) is 0 Å². The lowest BCUT2D eigenvalue weighted by molar-refractivity contribution is -0.150. The van der Waals surface area contributed by atoms with Crippen molar-refractivity contribution in [3.63, 3.8) is 0 Å². The van der Waals surface area contributed by atoms with Crippen LogP contribution in [0.2, 0.25) is 0 Å². The molecule has 0 heterocycles. The molecule has 0 spiro atoms. The molecule has 11 heavy (non-hydrogen) atoms. The Hall–Kier alpha value is -0.470. The van der Waals surface area contributed by atoms with Gasteiger partial charge in [-0.1, -0.05) is 4.57 Å². The first-order chi connectivity index (χ1) is 5.26. The van der Waals surface area contributed by atoms with E-state index < -0.39 is 20.3 Å². The van der Waals surface area contributed by atoms with Crippen molar-refractivity contribution in [3.05, 3.63) is 0 Å². The van der Waals surface area contributed by atoms with Crippen LogP contribution in [-0.4, -0.2) is 25.0 Å². The van der Waals surface area contributed by atoms with Crippen molar-refractivity contribution in [2.24, 2.45) is 0 Å². The summed E-state index contributed by atoms with van der Waals surface area (Å²) in [6, 6.07) is 0. The Morgan fingerprint density at radius 3 is 2.45 bits per heavy atom. The molecule has 0 aromatic heterocycles. The molecule has 0 saturated carbocycles. The second kappa shape index (κ2) is 6.25. The highest BCUT2D eigenvalue weighted by Crippen LogP contribution is 2.09. The molecule has 2 atom stereocenters. The first-order valence-electron chi connectivity index (χ1n) is 3.42. The van der Waals surface area contributed by atoms with Crippen LogP contribution in [0.4, 0.5) is 0 Å². The lowest BCUT2D eigenvalue weighted by Crippen LogP contribution is -2.20. The largest absolute Gasteiger partial charge is 0.461 e. The third kappa shape index (κ3) is 4.06. The van der Waals surface area contributed by atoms with Crippen LogP contribution in [0.5, 0.6) is 0 Å². The van der Waals surface area contributed by atoms with Crippen LogP contribution in [0.1, 0.15) is 13.8 Å². The molecule has 5 heteroatoms. The fourth-order valence-corrected chi connectivity index (χ4v) is 0.949. The van der Waals surface area contributed by atoms with Crippen molar-refractivity contribution in [3.8, 4) is 0 Å². The van der Waals surface area contributed by atoms with Crippen LogP contribution < -0.4 is 0 Å². The molecule has 0 amide bonds. The molecule has 0 bridgehead atoms. The van der Waals surface area contributed by atoms with E-state index in [-0.39, 0.29) is 6.61 Å². The van der Waals surface area contributed by atoms with Crippen LogP contribution in [0.25, 0.3) is 0 Å². The quantitative estimate of drug-likeness (QED) is 0.465. The number of carbonyl (C=O) groups is 1. The summed E-state index contributed by atoms with van der Waals surface area (Å²) in [5.74, 6) is -1.46. The van der Waals surface area contributed by atoms with Crippen LogP contribution in [0.15, 0.2) is 0 Å². The molecule has 0 fully saturated rings. The fourth-order valence-electron chi connectivity index (χ4n) is 0.535. The van der Waals surface area contributed by atoms with E-state index in [9.17, 15) is 9.36 Å². The van der Waals surface area contributed by atoms with E-state index in [1.54, 1.807) is 13.8 Å². The zero-order valence-electron chi connectivity index (χ0n) is 6.62. The standard InChI is InChI=1S/C6H11O4P/c1-3-9-5(7)6(11-8)10-4-2/h6H,3-4H2,1-2H3/p+1. The van der Waals surface area contributed by atoms with Gasteiger partial charge in [0.15, 0.2) is 0 Å². The van der Waals surface area contributed by atoms with E-state index in [0.29, 0.717) is 6.61 Å². The van der Waals surface area contributed by atoms with E-state index in [4.69, 9.17) is 4.74 Å². The van der Waals surface area contributed by atoms with E-state index in [1.807, 2.05) is 0 Å². The van der Waals surface area contributed by atoms with Gasteiger partial charge in [-0.3, -0.25) is 0 Å². The zero-order valence-corrected chi connectivity index (χ0v) is 7.62. The van der Waals surface area contributed by atoms with Crippen molar-refractivity contribution in [2.75, 3.05) is 13.2 Å². The van der Waals surface area contributed by atoms with Gasteiger partial charge >= 0.3 is 20.3 Å². The second-order valence-electron chi connectivity index (χ2n) is 1.71. The number of hydrogen-bond donors (Lipinski definition) is 0. The summed E-state index contributed by atoms with van der Waals surface area (Å²) in [6.45, 7) is 4.06. The third-order valence-corrected chi connectivity index (χ3v) is 1.56. The summed E-state index contributed by atoms with van der Waals surface area (Å²) in [6.07, 6.45) is 0. The van der Waals surface area contributed by atoms with E-state index in [0.717, 1.165) is 0 Å². The van der Waals surface area contributed by atoms with E-state index >= 15 is 0 Å². The van der Waals surface area contributed by atoms with Gasteiger partial charge in [-0.05, 0) is 13.8 Å². The maximum Gasteiger partial charge on any atom is 0.387 e. The minimum atomic E-state index is -0.903. The molecule has 0 aliphatic carbocycles. The molecule has 0 rings (SSSR count). The summed E-state index contributed by atoms with van der Waals surface area (Å²) in [4.78, 5) is 10.8. The van der Waals surface area contributed by atoms with Gasteiger partial charge in [0, 0.05) is 6.61 Å². The monoisotopic (exact) mass is 179 g/mol. The predicted molar refractivity (Wildman–Crippen MR) is 41.0 cm³/mol. The summed E-state index contributed by atoms with van der Waals surface area (Å²) in [5, 5.41) is 0. The summed E-state index contributed by atoms with van der Waals surface area (Å²) in [5.41, 5.74) is 0. The topological polar surface area (TPSA) is 52.6 Å². The summed E-state index contributed by atoms with van der Waals surface area (Å²) >= 11 is 0. The smallest absolute Gasteiger partial charge is 0.387 e. The maximum atomic E-state index is 10.8. The number of esters is 1. The molecular weight excluding hydrogens is 167 g/mol. The Kier molecular flexibility index (Phi) is 5.99. The minimum absolute atomic E-state index is 0.285. The number of ether oxygens (including phenoxy) is 2. The first kappa shape index (κ1) is 10.5. The molecule has 2 unspecified atom stereocenters. The van der Waals surface area contributed by atoms with Crippen molar-refractivity contribution >= 4 is 14.4 Å². The molecule has 0 radical (unpaired) electrons. The molecule has 0 saturated heterocycles. The van der Waals surface area contributed by atoms with Crippen molar-refractivity contribution in [1.82, 2.24) is 0 Å². The van der Waals surface area contributed by atoms with Gasteiger partial charge in [0.1, 0.15) is 0 Å². The molecule has 4 nitrogen and oxygen atoms in total. The molecule has 0 aliphatic rings. The highest BCUT2D eigenvalue weighted by molar-refractivity contribution is 7.26. The number of hydrogen-bond acceptors (Lipinski definition) is 4. The summed E-state index contributed by atoms with van der Waals surface area (Å²) in [7, 11) is -0.801. The SMILES string of the molecule is CCOC(=O)C(OCC)[PH+]=O. The minimum Gasteiger partial charge on any atom is -0.461 e. The zero-order chi connectivity index (χ0) is 8.69. The molecule has 0 N–H and O–H groups in total. The normalized spacial score (nSPS) is 12.9. The Labute approximate surface area is 67.1 Å². The van der Waals surface area contributed by atoms with Gasteiger partial charge in [-0.25, -0.2) is 4.79 Å². The van der Waals surface area contributed by atoms with Crippen LogP contribution in [0, 0.1) is 0 Å². The first-order valence-corrected chi connectivity index (χ1v) is 4.40. The van der Waals surface area contributed by atoms with Gasteiger partial charge < -0.3 is 9.47 Å². The average Bonchev–Trinajstić information content (AvgIpc) is 2.00. The Morgan fingerprint density at radius 2 is 2.09 bits per heavy atom. The van der Waals surface area contributed by atoms with Crippen molar-refractivity contribution < 1.29 is 18.8 Å². The molecule has 0 aromatic rings. The second-order valence-corrected chi connectivity index (χ2v) is 2.47. The highest BCUT2D eigenvalue weighted by atomic mass is 31.1. The number of rotatable bonds is 5. The van der Waals surface area contributed by atoms with Gasteiger partial charge in [-0.15, -0.1) is 0 Å². The molecule has 64 valence electrons. The molecular formula is C6H12O4P+. The molecule has 0 aromatic carbocycles. The van der Waals surface area contributed by atoms with Gasteiger partial charge in [0.2, 0.25) is 0 Å². The Balaban J connectivity index is 3.81. The van der Waals surface area contributed by atoms with Crippen LogP contribution in [-0.2, 0) is 18.8 Å². The van der Waals surface area contributed by atoms with E-state index in [1.165, 1.54) is 0 Å². The maximum absolute atomic E-state index is 10.8. The van der Waals surface area contributed by atoms with E-state index in [2.05, 4.69) is 4.74 Å². The summed E-state index contributed by atoms with van der Waals surface area (Å²) < 4.78 is 19.8. The number of carbonyl (C=O) groups excluding carboxylic acids is 1. The third-order valence-electron chi connectivity index (χ3n) is 0.941. The van der Waals surface area contributed by atoms with Gasteiger partial charge in [-0.2, -0.15) is 0 Å². The average molecular weight is 179 g/mol. The van der Waals surface area contributed by atoms with Crippen molar-refractivity contribution in [2.45, 2.75) is 19.7 Å². The Morgan fingerprint density at radius 1 is 1.45 bits per heavy atom. The van der Waals surface area contributed by atoms with Crippen LogP contribution >= 0.6 is 8.46 Å². The lowest BCUT2D eigenvalue weighted by atomic mass is 10.7. The lowest BCUT2D eigenvalue weighted by Gasteiger charge is -2.02.